The minimum Gasteiger partial charge on any atom is -0.347 e. The van der Waals surface area contributed by atoms with Crippen molar-refractivity contribution in [3.8, 4) is 0 Å². The van der Waals surface area contributed by atoms with Crippen molar-refractivity contribution in [1.29, 1.82) is 0 Å². The van der Waals surface area contributed by atoms with Crippen molar-refractivity contribution in [2.24, 2.45) is 5.73 Å². The number of primary amides is 1. The van der Waals surface area contributed by atoms with Crippen LogP contribution in [0.4, 0.5) is 9.80 Å². The number of urea groups is 1. The summed E-state index contributed by atoms with van der Waals surface area (Å²) in [5.41, 5.74) is 4.78. The third kappa shape index (κ3) is 1.51. The van der Waals surface area contributed by atoms with E-state index in [1.165, 1.54) is 6.07 Å². The van der Waals surface area contributed by atoms with Crippen LogP contribution in [0, 0.1) is 10.1 Å². The smallest absolute Gasteiger partial charge is 0.347 e. The van der Waals surface area contributed by atoms with Crippen molar-refractivity contribution < 1.29 is 9.83 Å². The quantitative estimate of drug-likeness (QED) is 0.549. The molecular formula is C5H5N3O3S. The second-order valence-electron chi connectivity index (χ2n) is 1.84. The van der Waals surface area contributed by atoms with E-state index >= 15 is 0 Å². The average Bonchev–Trinajstić information content (AvgIpc) is 2.37. The Labute approximate surface area is 71.3 Å². The Morgan fingerprint density at radius 2 is 2.42 bits per heavy atom. The van der Waals surface area contributed by atoms with E-state index < -0.39 is 11.1 Å². The number of thiophene rings is 1. The highest BCUT2D eigenvalue weighted by atomic mass is 32.1. The Morgan fingerprint density at radius 3 is 2.75 bits per heavy atom. The minimum atomic E-state index is -1.09. The first kappa shape index (κ1) is 8.47. The van der Waals surface area contributed by atoms with E-state index in [1.807, 2.05) is 0 Å². The first-order valence-electron chi connectivity index (χ1n) is 2.90. The molecule has 0 spiro atoms. The molecule has 12 heavy (non-hydrogen) atoms. The Kier molecular flexibility index (Phi) is 2.24. The van der Waals surface area contributed by atoms with Gasteiger partial charge in [0.15, 0.2) is 10.0 Å². The summed E-state index contributed by atoms with van der Waals surface area (Å²) in [5.74, 6) is 0. The van der Waals surface area contributed by atoms with Gasteiger partial charge in [-0.3, -0.25) is 0 Å². The summed E-state index contributed by atoms with van der Waals surface area (Å²) in [6.07, 6.45) is 0. The highest BCUT2D eigenvalue weighted by Crippen LogP contribution is 2.20. The number of nitro groups is 1. The monoisotopic (exact) mass is 187 g/mol. The summed E-state index contributed by atoms with van der Waals surface area (Å²) < 4.78 is 0. The number of nitrogens with zero attached hydrogens (tertiary/aromatic N) is 2. The number of hydrazine groups is 1. The van der Waals surface area contributed by atoms with Crippen LogP contribution in [0.2, 0.25) is 0 Å². The highest BCUT2D eigenvalue weighted by Gasteiger charge is 2.24. The molecule has 1 rings (SSSR count). The molecule has 0 aromatic carbocycles. The SMILES string of the molecule is NC(=O)N(c1cccs1)[N+](=O)[O-]. The molecule has 0 aliphatic heterocycles. The maximum Gasteiger partial charge on any atom is 0.379 e. The van der Waals surface area contributed by atoms with Gasteiger partial charge >= 0.3 is 6.03 Å². The van der Waals surface area contributed by atoms with Gasteiger partial charge in [-0.25, -0.2) is 14.9 Å². The van der Waals surface area contributed by atoms with Crippen LogP contribution in [0.5, 0.6) is 0 Å². The molecule has 64 valence electrons. The summed E-state index contributed by atoms with van der Waals surface area (Å²) in [7, 11) is 0. The zero-order valence-electron chi connectivity index (χ0n) is 5.84. The van der Waals surface area contributed by atoms with Gasteiger partial charge in [-0.15, -0.1) is 11.3 Å². The van der Waals surface area contributed by atoms with Crippen LogP contribution >= 0.6 is 11.3 Å². The fourth-order valence-electron chi connectivity index (χ4n) is 0.660. The highest BCUT2D eigenvalue weighted by molar-refractivity contribution is 7.14. The zero-order chi connectivity index (χ0) is 9.14. The zero-order valence-corrected chi connectivity index (χ0v) is 6.65. The fraction of sp³-hybridized carbons (Fsp3) is 0. The molecule has 0 unspecified atom stereocenters. The molecule has 1 aromatic heterocycles. The van der Waals surface area contributed by atoms with Crippen LogP contribution in [-0.4, -0.2) is 11.1 Å². The molecule has 0 fully saturated rings. The average molecular weight is 187 g/mol. The third-order valence-corrected chi connectivity index (χ3v) is 1.93. The number of hydrogen-bond donors (Lipinski definition) is 1. The van der Waals surface area contributed by atoms with E-state index in [0.717, 1.165) is 11.3 Å². The topological polar surface area (TPSA) is 89.5 Å². The fourth-order valence-corrected chi connectivity index (χ4v) is 1.37. The van der Waals surface area contributed by atoms with Crippen molar-refractivity contribution in [1.82, 2.24) is 0 Å². The number of nitrogens with two attached hydrogens (primary N) is 1. The number of amides is 2. The van der Waals surface area contributed by atoms with Gasteiger partial charge in [0, 0.05) is 5.01 Å². The van der Waals surface area contributed by atoms with Crippen LogP contribution in [0.15, 0.2) is 17.5 Å². The van der Waals surface area contributed by atoms with Crippen LogP contribution in [0.25, 0.3) is 0 Å². The van der Waals surface area contributed by atoms with E-state index in [4.69, 9.17) is 5.73 Å². The molecule has 1 aromatic rings. The molecule has 0 bridgehead atoms. The normalized spacial score (nSPS) is 9.33. The Hall–Kier alpha value is -1.63. The number of anilines is 1. The van der Waals surface area contributed by atoms with Gasteiger partial charge in [0.25, 0.3) is 0 Å². The van der Waals surface area contributed by atoms with E-state index in [2.05, 4.69) is 0 Å². The lowest BCUT2D eigenvalue weighted by molar-refractivity contribution is -0.480. The number of rotatable bonds is 2. The molecule has 0 aliphatic rings. The second-order valence-corrected chi connectivity index (χ2v) is 2.77. The number of carbonyl (C=O) groups is 1. The largest absolute Gasteiger partial charge is 0.379 e. The summed E-state index contributed by atoms with van der Waals surface area (Å²) in [5, 5.41) is 11.5. The molecule has 7 heteroatoms. The lowest BCUT2D eigenvalue weighted by Gasteiger charge is -2.04. The molecular weight excluding hydrogens is 182 g/mol. The molecule has 6 nitrogen and oxygen atoms in total. The van der Waals surface area contributed by atoms with E-state index in [9.17, 15) is 14.9 Å². The lowest BCUT2D eigenvalue weighted by atomic mass is 10.6. The van der Waals surface area contributed by atoms with Gasteiger partial charge in [0.05, 0.1) is 0 Å². The number of carbonyl (C=O) groups excluding carboxylic acids is 1. The molecule has 0 radical (unpaired) electrons. The van der Waals surface area contributed by atoms with Crippen LogP contribution in [0.3, 0.4) is 0 Å². The molecule has 2 N–H and O–H groups in total. The lowest BCUT2D eigenvalue weighted by Crippen LogP contribution is -2.39. The summed E-state index contributed by atoms with van der Waals surface area (Å²) in [6, 6.07) is 1.94. The predicted octanol–water partition coefficient (Wildman–Crippen LogP) is 0.825. The van der Waals surface area contributed by atoms with E-state index in [-0.39, 0.29) is 5.00 Å². The predicted molar refractivity (Wildman–Crippen MR) is 43.4 cm³/mol. The van der Waals surface area contributed by atoms with E-state index in [1.54, 1.807) is 11.4 Å². The molecule has 0 saturated heterocycles. The summed E-state index contributed by atoms with van der Waals surface area (Å²) >= 11 is 1.07. The Balaban J connectivity index is 2.96. The van der Waals surface area contributed by atoms with Crippen LogP contribution in [0.1, 0.15) is 0 Å². The third-order valence-electron chi connectivity index (χ3n) is 1.09. The maximum absolute atomic E-state index is 10.6. The van der Waals surface area contributed by atoms with Gasteiger partial charge in [0.2, 0.25) is 0 Å². The van der Waals surface area contributed by atoms with Gasteiger partial charge in [0.1, 0.15) is 0 Å². The Bertz CT molecular complexity index is 283. The maximum atomic E-state index is 10.6. The first-order chi connectivity index (χ1) is 5.63. The standard InChI is InChI=1S/C5H5N3O3S/c6-5(9)7(8(10)11)4-2-1-3-12-4/h1-3H,(H2,6,9). The molecule has 1 heterocycles. The van der Waals surface area contributed by atoms with Gasteiger partial charge in [-0.05, 0) is 17.5 Å². The van der Waals surface area contributed by atoms with Crippen molar-refractivity contribution >= 4 is 22.4 Å². The molecule has 0 aliphatic carbocycles. The van der Waals surface area contributed by atoms with Crippen molar-refractivity contribution in [2.75, 3.05) is 5.01 Å². The number of hydrogen-bond acceptors (Lipinski definition) is 4. The van der Waals surface area contributed by atoms with Crippen LogP contribution in [-0.2, 0) is 0 Å². The van der Waals surface area contributed by atoms with Gasteiger partial charge in [-0.2, -0.15) is 0 Å². The van der Waals surface area contributed by atoms with E-state index in [0.29, 0.717) is 5.01 Å². The van der Waals surface area contributed by atoms with Crippen molar-refractivity contribution in [3.63, 3.8) is 0 Å². The van der Waals surface area contributed by atoms with Crippen LogP contribution < -0.4 is 10.7 Å². The second kappa shape index (κ2) is 3.18. The van der Waals surface area contributed by atoms with Crippen molar-refractivity contribution in [3.05, 3.63) is 27.6 Å². The minimum absolute atomic E-state index is 0.201. The first-order valence-corrected chi connectivity index (χ1v) is 3.78. The Morgan fingerprint density at radius 1 is 1.75 bits per heavy atom. The van der Waals surface area contributed by atoms with Gasteiger partial charge < -0.3 is 5.73 Å². The molecule has 0 atom stereocenters. The summed E-state index contributed by atoms with van der Waals surface area (Å²) in [4.78, 5) is 20.8. The molecule has 0 saturated carbocycles. The molecule has 2 amide bonds. The summed E-state index contributed by atoms with van der Waals surface area (Å²) in [6.45, 7) is 0. The van der Waals surface area contributed by atoms with Crippen molar-refractivity contribution in [2.45, 2.75) is 0 Å². The van der Waals surface area contributed by atoms with Gasteiger partial charge in [-0.1, -0.05) is 0 Å².